The molecule has 0 aromatic heterocycles. The minimum Gasteiger partial charge on any atom is -0.176 e. The van der Waals surface area contributed by atoms with Gasteiger partial charge in [-0.25, -0.2) is 0 Å². The minimum atomic E-state index is 0.585. The molecule has 0 saturated heterocycles. The van der Waals surface area contributed by atoms with Crippen LogP contribution in [0.3, 0.4) is 0 Å². The molecule has 0 heterocycles. The minimum absolute atomic E-state index is 0.585. The van der Waals surface area contributed by atoms with Gasteiger partial charge in [-0.3, -0.25) is 0 Å². The van der Waals surface area contributed by atoms with Crippen molar-refractivity contribution in [3.63, 3.8) is 0 Å². The zero-order chi connectivity index (χ0) is 9.14. The van der Waals surface area contributed by atoms with Crippen LogP contribution in [0.5, 0.6) is 0 Å². The standard InChI is InChI=1S/C11H22S/c1-4-5-6-10-7-11(10)8(2)9(3)12/h8-12H,4-7H2,1-3H3. The molecule has 1 aliphatic rings. The summed E-state index contributed by atoms with van der Waals surface area (Å²) < 4.78 is 0. The Bertz CT molecular complexity index is 131. The Balaban J connectivity index is 2.14. The molecule has 0 aromatic carbocycles. The third kappa shape index (κ3) is 2.69. The normalized spacial score (nSPS) is 33.0. The van der Waals surface area contributed by atoms with E-state index in [1.807, 2.05) is 0 Å². The lowest BCUT2D eigenvalue weighted by molar-refractivity contribution is 0.457. The lowest BCUT2D eigenvalue weighted by Crippen LogP contribution is -2.10. The summed E-state index contributed by atoms with van der Waals surface area (Å²) in [5.74, 6) is 2.88. The third-order valence-electron chi connectivity index (χ3n) is 3.34. The Kier molecular flexibility index (Phi) is 3.95. The first-order valence-corrected chi connectivity index (χ1v) is 5.86. The first-order valence-electron chi connectivity index (χ1n) is 5.34. The number of unbranched alkanes of at least 4 members (excludes halogenated alkanes) is 1. The van der Waals surface area contributed by atoms with Crippen LogP contribution in [-0.4, -0.2) is 5.25 Å². The van der Waals surface area contributed by atoms with Crippen LogP contribution in [-0.2, 0) is 0 Å². The van der Waals surface area contributed by atoms with Gasteiger partial charge in [0.1, 0.15) is 0 Å². The van der Waals surface area contributed by atoms with E-state index in [0.29, 0.717) is 5.25 Å². The van der Waals surface area contributed by atoms with Crippen molar-refractivity contribution < 1.29 is 0 Å². The van der Waals surface area contributed by atoms with Gasteiger partial charge < -0.3 is 0 Å². The van der Waals surface area contributed by atoms with Crippen LogP contribution in [0, 0.1) is 17.8 Å². The fraction of sp³-hybridized carbons (Fsp3) is 1.00. The van der Waals surface area contributed by atoms with Gasteiger partial charge in [0, 0.05) is 5.25 Å². The van der Waals surface area contributed by atoms with Crippen LogP contribution in [0.4, 0.5) is 0 Å². The van der Waals surface area contributed by atoms with Crippen molar-refractivity contribution in [2.75, 3.05) is 0 Å². The largest absolute Gasteiger partial charge is 0.176 e. The highest BCUT2D eigenvalue weighted by molar-refractivity contribution is 7.80. The SMILES string of the molecule is CCCCC1CC1C(C)C(C)S. The summed E-state index contributed by atoms with van der Waals surface area (Å²) in [6, 6.07) is 0. The van der Waals surface area contributed by atoms with E-state index in [1.165, 1.54) is 25.7 Å². The summed E-state index contributed by atoms with van der Waals surface area (Å²) >= 11 is 4.50. The summed E-state index contributed by atoms with van der Waals surface area (Å²) in [5.41, 5.74) is 0. The van der Waals surface area contributed by atoms with Crippen LogP contribution in [0.25, 0.3) is 0 Å². The van der Waals surface area contributed by atoms with Crippen molar-refractivity contribution in [2.45, 2.75) is 51.7 Å². The molecular weight excluding hydrogens is 164 g/mol. The van der Waals surface area contributed by atoms with Crippen molar-refractivity contribution >= 4 is 12.6 Å². The average Bonchev–Trinajstić information content (AvgIpc) is 2.78. The van der Waals surface area contributed by atoms with Gasteiger partial charge in [0.05, 0.1) is 0 Å². The molecule has 12 heavy (non-hydrogen) atoms. The lowest BCUT2D eigenvalue weighted by atomic mass is 9.99. The Morgan fingerprint density at radius 3 is 2.58 bits per heavy atom. The van der Waals surface area contributed by atoms with Gasteiger partial charge in [0.2, 0.25) is 0 Å². The third-order valence-corrected chi connectivity index (χ3v) is 3.81. The maximum absolute atomic E-state index is 4.50. The molecule has 0 aliphatic heterocycles. The van der Waals surface area contributed by atoms with Crippen LogP contribution in [0.15, 0.2) is 0 Å². The first-order chi connectivity index (χ1) is 5.66. The van der Waals surface area contributed by atoms with Crippen LogP contribution >= 0.6 is 12.6 Å². The van der Waals surface area contributed by atoms with Crippen molar-refractivity contribution in [3.05, 3.63) is 0 Å². The molecule has 0 radical (unpaired) electrons. The van der Waals surface area contributed by atoms with Gasteiger partial charge in [-0.2, -0.15) is 12.6 Å². The zero-order valence-electron chi connectivity index (χ0n) is 8.59. The molecule has 0 amide bonds. The van der Waals surface area contributed by atoms with Crippen LogP contribution in [0.1, 0.15) is 46.5 Å². The maximum Gasteiger partial charge on any atom is 0.00168 e. The Labute approximate surface area is 82.5 Å². The van der Waals surface area contributed by atoms with Gasteiger partial charge in [0.25, 0.3) is 0 Å². The highest BCUT2D eigenvalue weighted by Crippen LogP contribution is 2.48. The second-order valence-electron chi connectivity index (χ2n) is 4.40. The molecule has 1 heteroatoms. The Hall–Kier alpha value is 0.350. The molecule has 1 saturated carbocycles. The predicted octanol–water partition coefficient (Wildman–Crippen LogP) is 3.77. The predicted molar refractivity (Wildman–Crippen MR) is 58.7 cm³/mol. The quantitative estimate of drug-likeness (QED) is 0.621. The molecule has 1 rings (SSSR count). The first kappa shape index (κ1) is 10.4. The Morgan fingerprint density at radius 2 is 2.08 bits per heavy atom. The molecule has 1 aliphatic carbocycles. The van der Waals surface area contributed by atoms with E-state index in [-0.39, 0.29) is 0 Å². The Morgan fingerprint density at radius 1 is 1.42 bits per heavy atom. The molecular formula is C11H22S. The smallest absolute Gasteiger partial charge is 0.00168 e. The summed E-state index contributed by atoms with van der Waals surface area (Å²) in [7, 11) is 0. The van der Waals surface area contributed by atoms with Crippen molar-refractivity contribution in [1.29, 1.82) is 0 Å². The van der Waals surface area contributed by atoms with Crippen molar-refractivity contribution in [3.8, 4) is 0 Å². The molecule has 4 unspecified atom stereocenters. The summed E-state index contributed by atoms with van der Waals surface area (Å²) in [6.45, 7) is 6.86. The second kappa shape index (κ2) is 4.55. The van der Waals surface area contributed by atoms with E-state index in [4.69, 9.17) is 0 Å². The maximum atomic E-state index is 4.50. The van der Waals surface area contributed by atoms with E-state index in [9.17, 15) is 0 Å². The highest BCUT2D eigenvalue weighted by Gasteiger charge is 2.40. The number of thiol groups is 1. The lowest BCUT2D eigenvalue weighted by Gasteiger charge is -2.14. The van der Waals surface area contributed by atoms with Crippen molar-refractivity contribution in [2.24, 2.45) is 17.8 Å². The van der Waals surface area contributed by atoms with Crippen LogP contribution in [0.2, 0.25) is 0 Å². The molecule has 1 fully saturated rings. The number of hydrogen-bond acceptors (Lipinski definition) is 1. The van der Waals surface area contributed by atoms with E-state index >= 15 is 0 Å². The molecule has 72 valence electrons. The summed E-state index contributed by atoms with van der Waals surface area (Å²) in [6.07, 6.45) is 5.72. The van der Waals surface area contributed by atoms with Gasteiger partial charge in [-0.15, -0.1) is 0 Å². The molecule has 0 aromatic rings. The van der Waals surface area contributed by atoms with Crippen molar-refractivity contribution in [1.82, 2.24) is 0 Å². The highest BCUT2D eigenvalue weighted by atomic mass is 32.1. The fourth-order valence-corrected chi connectivity index (χ4v) is 2.29. The van der Waals surface area contributed by atoms with E-state index in [1.54, 1.807) is 0 Å². The van der Waals surface area contributed by atoms with Gasteiger partial charge in [-0.05, 0) is 24.2 Å². The number of hydrogen-bond donors (Lipinski definition) is 1. The zero-order valence-corrected chi connectivity index (χ0v) is 9.48. The van der Waals surface area contributed by atoms with Gasteiger partial charge in [0.15, 0.2) is 0 Å². The van der Waals surface area contributed by atoms with E-state index in [0.717, 1.165) is 17.8 Å². The summed E-state index contributed by atoms with van der Waals surface area (Å²) in [4.78, 5) is 0. The average molecular weight is 186 g/mol. The molecule has 0 nitrogen and oxygen atoms in total. The molecule has 4 atom stereocenters. The second-order valence-corrected chi connectivity index (χ2v) is 5.22. The summed E-state index contributed by atoms with van der Waals surface area (Å²) in [5, 5.41) is 0.585. The molecule has 0 N–H and O–H groups in total. The monoisotopic (exact) mass is 186 g/mol. The van der Waals surface area contributed by atoms with Gasteiger partial charge in [-0.1, -0.05) is 40.0 Å². The van der Waals surface area contributed by atoms with E-state index in [2.05, 4.69) is 33.4 Å². The number of rotatable bonds is 5. The molecule has 0 bridgehead atoms. The van der Waals surface area contributed by atoms with E-state index < -0.39 is 0 Å². The molecule has 0 spiro atoms. The topological polar surface area (TPSA) is 0 Å². The van der Waals surface area contributed by atoms with Gasteiger partial charge >= 0.3 is 0 Å². The van der Waals surface area contributed by atoms with Crippen LogP contribution < -0.4 is 0 Å². The fourth-order valence-electron chi connectivity index (χ4n) is 2.07.